The fraction of sp³-hybridized carbons (Fsp3) is 0.444. The van der Waals surface area contributed by atoms with Crippen molar-refractivity contribution in [3.05, 3.63) is 30.3 Å². The topological polar surface area (TPSA) is 250 Å². The Kier molecular flexibility index (Phi) is 15.7. The molecule has 1 aromatic carbocycles. The third-order valence-electron chi connectivity index (χ3n) is 4.05. The van der Waals surface area contributed by atoms with Crippen molar-refractivity contribution in [3.63, 3.8) is 0 Å². The molecule has 0 saturated carbocycles. The van der Waals surface area contributed by atoms with Crippen LogP contribution in [-0.4, -0.2) is 75.3 Å². The Morgan fingerprint density at radius 2 is 1.03 bits per heavy atom. The first kappa shape index (κ1) is 28.1. The van der Waals surface area contributed by atoms with Crippen LogP contribution in [0.2, 0.25) is 0 Å². The van der Waals surface area contributed by atoms with Gasteiger partial charge in [0, 0.05) is 57.5 Å². The molecule has 0 spiro atoms. The quantitative estimate of drug-likeness (QED) is 0.0830. The van der Waals surface area contributed by atoms with Crippen LogP contribution in [0.1, 0.15) is 25.7 Å². The van der Waals surface area contributed by atoms with Gasteiger partial charge in [0.05, 0.1) is 0 Å². The number of hydrogen-bond donors (Lipinski definition) is 9. The summed E-state index contributed by atoms with van der Waals surface area (Å²) in [7, 11) is 0. The van der Waals surface area contributed by atoms with E-state index in [4.69, 9.17) is 43.8 Å². The fourth-order valence-electron chi connectivity index (χ4n) is 2.24. The summed E-state index contributed by atoms with van der Waals surface area (Å²) in [6.45, 7) is 2.19. The molecule has 0 aliphatic rings. The Balaban J connectivity index is 0.000000641. The van der Waals surface area contributed by atoms with Crippen LogP contribution in [0, 0.1) is 0 Å². The molecule has 0 aliphatic carbocycles. The molecule has 0 heterocycles. The summed E-state index contributed by atoms with van der Waals surface area (Å²) >= 11 is 0. The van der Waals surface area contributed by atoms with Crippen LogP contribution in [0.3, 0.4) is 0 Å². The number of rotatable bonds is 13. The van der Waals surface area contributed by atoms with Gasteiger partial charge in [-0.05, 0) is 12.1 Å². The van der Waals surface area contributed by atoms with Crippen LogP contribution in [0.5, 0.6) is 0 Å². The highest BCUT2D eigenvalue weighted by molar-refractivity contribution is 5.81. The van der Waals surface area contributed by atoms with E-state index in [1.54, 1.807) is 0 Å². The summed E-state index contributed by atoms with van der Waals surface area (Å²) < 4.78 is 0. The Morgan fingerprint density at radius 1 is 0.656 bits per heavy atom. The van der Waals surface area contributed by atoms with Gasteiger partial charge >= 0.3 is 0 Å². The van der Waals surface area contributed by atoms with Crippen molar-refractivity contribution in [3.8, 4) is 0 Å². The van der Waals surface area contributed by atoms with Gasteiger partial charge in [0.25, 0.3) is 0 Å². The number of nitrogens with one attached hydrogen (secondary N) is 1. The molecule has 0 saturated heterocycles. The van der Waals surface area contributed by atoms with E-state index in [1.165, 1.54) is 0 Å². The summed E-state index contributed by atoms with van der Waals surface area (Å²) in [5, 5.41) is 48.3. The van der Waals surface area contributed by atoms with Gasteiger partial charge in [-0.1, -0.05) is 38.8 Å². The Hall–Kier alpha value is -3.94. The third-order valence-corrected chi connectivity index (χ3v) is 4.05. The summed E-state index contributed by atoms with van der Waals surface area (Å²) in [6, 6.07) is 9.78. The van der Waals surface area contributed by atoms with E-state index in [-0.39, 0.29) is 23.3 Å². The number of nitrogens with two attached hydrogens (primary N) is 4. The monoisotopic (exact) mass is 454 g/mol. The minimum absolute atomic E-state index is 0.109. The van der Waals surface area contributed by atoms with E-state index in [1.807, 2.05) is 35.2 Å². The lowest BCUT2D eigenvalue weighted by Gasteiger charge is -2.21. The molecule has 180 valence electrons. The average Bonchev–Trinajstić information content (AvgIpc) is 2.83. The van der Waals surface area contributed by atoms with E-state index in [0.29, 0.717) is 51.9 Å². The van der Waals surface area contributed by atoms with Gasteiger partial charge < -0.3 is 54.0 Å². The number of nitrogens with zero attached hydrogens (tertiary/aromatic N) is 5. The predicted molar refractivity (Wildman–Crippen MR) is 123 cm³/mol. The summed E-state index contributed by atoms with van der Waals surface area (Å²) in [6.07, 6.45) is 1.62. The zero-order valence-corrected chi connectivity index (χ0v) is 17.9. The van der Waals surface area contributed by atoms with Gasteiger partial charge in [-0.15, -0.1) is 0 Å². The Morgan fingerprint density at radius 3 is 1.41 bits per heavy atom. The van der Waals surface area contributed by atoms with Crippen LogP contribution in [-0.2, 0) is 0 Å². The second kappa shape index (κ2) is 17.9. The summed E-state index contributed by atoms with van der Waals surface area (Å²) in [5.41, 5.74) is 22.5. The van der Waals surface area contributed by atoms with Gasteiger partial charge in [-0.25, -0.2) is 0 Å². The molecule has 1 rings (SSSR count). The van der Waals surface area contributed by atoms with Crippen molar-refractivity contribution in [2.75, 3.05) is 31.5 Å². The lowest BCUT2D eigenvalue weighted by Crippen LogP contribution is -2.34. The maximum atomic E-state index is 8.46. The highest BCUT2D eigenvalue weighted by Gasteiger charge is 2.08. The number of oxime groups is 4. The SMILES string of the molecule is N/C(CCN(CC/C(N)=N\O)CC/C(N)=N\O)=N/O.N/C(CCNc1ccccc1)=N/O. The van der Waals surface area contributed by atoms with E-state index in [9.17, 15) is 0 Å². The Labute approximate surface area is 186 Å². The first-order valence-corrected chi connectivity index (χ1v) is 9.73. The molecule has 1 aromatic rings. The lowest BCUT2D eigenvalue weighted by molar-refractivity contribution is 0.282. The molecule has 0 atom stereocenters. The predicted octanol–water partition coefficient (Wildman–Crippen LogP) is -0.0671. The second-order valence-corrected chi connectivity index (χ2v) is 6.50. The largest absolute Gasteiger partial charge is 0.409 e. The van der Waals surface area contributed by atoms with E-state index < -0.39 is 0 Å². The molecule has 0 bridgehead atoms. The molecular formula is C18H34N10O4. The summed E-state index contributed by atoms with van der Waals surface area (Å²) in [4.78, 5) is 1.91. The molecule has 0 aliphatic heterocycles. The Bertz CT molecular complexity index is 688. The first-order chi connectivity index (χ1) is 15.4. The molecule has 13 N–H and O–H groups in total. The molecule has 14 heteroatoms. The van der Waals surface area contributed by atoms with Crippen LogP contribution in [0.15, 0.2) is 51.0 Å². The van der Waals surface area contributed by atoms with Crippen LogP contribution >= 0.6 is 0 Å². The average molecular weight is 455 g/mol. The molecule has 32 heavy (non-hydrogen) atoms. The molecule has 0 aromatic heterocycles. The van der Waals surface area contributed by atoms with Gasteiger partial charge in [0.2, 0.25) is 0 Å². The molecule has 0 unspecified atom stereocenters. The van der Waals surface area contributed by atoms with Crippen LogP contribution in [0.4, 0.5) is 5.69 Å². The number of amidine groups is 4. The number of hydrogen-bond acceptors (Lipinski definition) is 10. The minimum Gasteiger partial charge on any atom is -0.409 e. The molecular weight excluding hydrogens is 420 g/mol. The van der Waals surface area contributed by atoms with E-state index >= 15 is 0 Å². The van der Waals surface area contributed by atoms with Crippen LogP contribution in [0.25, 0.3) is 0 Å². The zero-order valence-electron chi connectivity index (χ0n) is 17.9. The summed E-state index contributed by atoms with van der Waals surface area (Å²) in [5.74, 6) is 0.566. The molecule has 0 radical (unpaired) electrons. The highest BCUT2D eigenvalue weighted by Crippen LogP contribution is 2.04. The maximum Gasteiger partial charge on any atom is 0.140 e. The normalized spacial score (nSPS) is 12.9. The van der Waals surface area contributed by atoms with E-state index in [0.717, 1.165) is 5.69 Å². The standard InChI is InChI=1S/C9H21N7O3.C9H13N3O/c10-7(13-17)1-4-16(5-2-8(11)14-18)6-3-9(12)15-19;10-9(12-13)6-7-11-8-4-2-1-3-5-8/h17-19H,1-6H2,(H2,10,13)(H2,11,14)(H2,12,15);1-5,11,13H,6-7H2,(H2,10,12). The molecule has 14 nitrogen and oxygen atoms in total. The van der Waals surface area contributed by atoms with Gasteiger partial charge in [-0.3, -0.25) is 0 Å². The third kappa shape index (κ3) is 15.0. The van der Waals surface area contributed by atoms with Gasteiger partial charge in [0.15, 0.2) is 0 Å². The van der Waals surface area contributed by atoms with Crippen molar-refractivity contribution in [1.29, 1.82) is 0 Å². The van der Waals surface area contributed by atoms with Gasteiger partial charge in [0.1, 0.15) is 23.3 Å². The van der Waals surface area contributed by atoms with Crippen molar-refractivity contribution < 1.29 is 20.8 Å². The van der Waals surface area contributed by atoms with Crippen LogP contribution < -0.4 is 28.3 Å². The first-order valence-electron chi connectivity index (χ1n) is 9.73. The lowest BCUT2D eigenvalue weighted by atomic mass is 10.2. The highest BCUT2D eigenvalue weighted by atomic mass is 16.4. The number of benzene rings is 1. The van der Waals surface area contributed by atoms with Gasteiger partial charge in [-0.2, -0.15) is 0 Å². The zero-order chi connectivity index (χ0) is 24.2. The second-order valence-electron chi connectivity index (χ2n) is 6.50. The number of anilines is 1. The molecule has 0 amide bonds. The number of para-hydroxylation sites is 1. The minimum atomic E-state index is 0.109. The van der Waals surface area contributed by atoms with Crippen molar-refractivity contribution in [1.82, 2.24) is 4.90 Å². The fourth-order valence-corrected chi connectivity index (χ4v) is 2.24. The van der Waals surface area contributed by atoms with Crippen molar-refractivity contribution in [2.24, 2.45) is 43.6 Å². The molecule has 0 fully saturated rings. The van der Waals surface area contributed by atoms with Crippen molar-refractivity contribution >= 4 is 29.0 Å². The smallest absolute Gasteiger partial charge is 0.140 e. The maximum absolute atomic E-state index is 8.46. The van der Waals surface area contributed by atoms with E-state index in [2.05, 4.69) is 25.9 Å². The van der Waals surface area contributed by atoms with Crippen molar-refractivity contribution in [2.45, 2.75) is 25.7 Å².